The number of fused-ring (bicyclic) bond motifs is 1. The summed E-state index contributed by atoms with van der Waals surface area (Å²) in [4.78, 5) is 35.4. The molecule has 0 spiro atoms. The van der Waals surface area contributed by atoms with Crippen molar-refractivity contribution in [1.82, 2.24) is 9.88 Å². The Morgan fingerprint density at radius 1 is 1.18 bits per heavy atom. The number of rotatable bonds is 2. The number of aromatic nitrogens is 1. The van der Waals surface area contributed by atoms with Gasteiger partial charge in [0.1, 0.15) is 11.6 Å². The average molecular weight is 303 g/mol. The van der Waals surface area contributed by atoms with E-state index in [-0.39, 0.29) is 28.4 Å². The van der Waals surface area contributed by atoms with Crippen LogP contribution in [0.5, 0.6) is 5.75 Å². The maximum Gasteiger partial charge on any atom is 0.262 e. The van der Waals surface area contributed by atoms with Gasteiger partial charge in [-0.1, -0.05) is 0 Å². The quantitative estimate of drug-likeness (QED) is 0.784. The van der Waals surface area contributed by atoms with Crippen LogP contribution in [-0.4, -0.2) is 23.5 Å². The van der Waals surface area contributed by atoms with Crippen LogP contribution in [0.4, 0.5) is 10.2 Å². The summed E-state index contributed by atoms with van der Waals surface area (Å²) in [6.07, 6.45) is 0. The summed E-state index contributed by atoms with van der Waals surface area (Å²) in [5.74, 6) is -2.21. The number of hydrogen-bond acceptors (Lipinski definition) is 5. The average Bonchev–Trinajstić information content (AvgIpc) is 2.75. The molecule has 0 fully saturated rings. The van der Waals surface area contributed by atoms with Crippen molar-refractivity contribution in [1.29, 1.82) is 0 Å². The summed E-state index contributed by atoms with van der Waals surface area (Å²) < 4.78 is 19.9. The van der Waals surface area contributed by atoms with Crippen LogP contribution in [0, 0.1) is 5.82 Å². The summed E-state index contributed by atoms with van der Waals surface area (Å²) in [6.45, 7) is 0. The molecule has 1 aliphatic rings. The first-order chi connectivity index (χ1) is 10.4. The van der Waals surface area contributed by atoms with Crippen LogP contribution in [0.1, 0.15) is 20.7 Å². The maximum absolute atomic E-state index is 14.1. The molecule has 2 heterocycles. The van der Waals surface area contributed by atoms with Crippen molar-refractivity contribution < 1.29 is 18.7 Å². The molecule has 0 aliphatic carbocycles. The summed E-state index contributed by atoms with van der Waals surface area (Å²) in [5, 5.41) is 2.04. The molecule has 0 bridgehead atoms. The molecule has 1 aromatic carbocycles. The van der Waals surface area contributed by atoms with Crippen LogP contribution in [0.25, 0.3) is 5.69 Å². The predicted octanol–water partition coefficient (Wildman–Crippen LogP) is 0.451. The number of halogens is 1. The highest BCUT2D eigenvalue weighted by molar-refractivity contribution is 6.23. The number of nitrogen functional groups attached to an aromatic ring is 1. The van der Waals surface area contributed by atoms with Crippen LogP contribution in [0.15, 0.2) is 29.1 Å². The second-order valence-corrected chi connectivity index (χ2v) is 4.59. The maximum atomic E-state index is 14.1. The van der Waals surface area contributed by atoms with Gasteiger partial charge in [-0.25, -0.2) is 4.39 Å². The third kappa shape index (κ3) is 1.85. The van der Waals surface area contributed by atoms with Gasteiger partial charge in [-0.05, 0) is 12.1 Å². The molecule has 0 saturated carbocycles. The highest BCUT2D eigenvalue weighted by Crippen LogP contribution is 2.25. The number of ether oxygens (including phenoxy) is 1. The highest BCUT2D eigenvalue weighted by atomic mass is 19.1. The highest BCUT2D eigenvalue weighted by Gasteiger charge is 2.32. The van der Waals surface area contributed by atoms with E-state index in [4.69, 9.17) is 10.5 Å². The first-order valence-corrected chi connectivity index (χ1v) is 6.19. The van der Waals surface area contributed by atoms with Gasteiger partial charge in [-0.2, -0.15) is 0 Å². The van der Waals surface area contributed by atoms with Crippen molar-refractivity contribution in [2.45, 2.75) is 0 Å². The molecular formula is C14H10FN3O4. The minimum absolute atomic E-state index is 0.113. The van der Waals surface area contributed by atoms with Crippen molar-refractivity contribution in [3.05, 3.63) is 51.6 Å². The smallest absolute Gasteiger partial charge is 0.262 e. The lowest BCUT2D eigenvalue weighted by Gasteiger charge is -2.13. The number of methoxy groups -OCH3 is 1. The number of imide groups is 1. The van der Waals surface area contributed by atoms with Crippen molar-refractivity contribution in [2.75, 3.05) is 12.8 Å². The van der Waals surface area contributed by atoms with Gasteiger partial charge in [0.15, 0.2) is 5.82 Å². The summed E-state index contributed by atoms with van der Waals surface area (Å²) in [7, 11) is 1.38. The van der Waals surface area contributed by atoms with E-state index in [1.54, 1.807) is 0 Å². The van der Waals surface area contributed by atoms with Crippen LogP contribution in [0.2, 0.25) is 0 Å². The number of nitrogens with zero attached hydrogens (tertiary/aromatic N) is 1. The molecular weight excluding hydrogens is 293 g/mol. The number of nitrogens with two attached hydrogens (primary N) is 1. The van der Waals surface area contributed by atoms with Crippen molar-refractivity contribution in [2.24, 2.45) is 0 Å². The Labute approximate surface area is 123 Å². The second-order valence-electron chi connectivity index (χ2n) is 4.59. The summed E-state index contributed by atoms with van der Waals surface area (Å²) in [5.41, 5.74) is 4.70. The first kappa shape index (κ1) is 13.8. The topological polar surface area (TPSA) is 103 Å². The SMILES string of the molecule is COc1ccc(-n2c(N)c3c(cc2=O)C(=O)NC3=O)c(F)c1. The molecule has 2 aromatic rings. The fraction of sp³-hybridized carbons (Fsp3) is 0.0714. The molecule has 0 atom stereocenters. The Balaban J connectivity index is 2.30. The fourth-order valence-corrected chi connectivity index (χ4v) is 2.32. The van der Waals surface area contributed by atoms with E-state index in [1.807, 2.05) is 5.32 Å². The van der Waals surface area contributed by atoms with E-state index < -0.39 is 23.2 Å². The van der Waals surface area contributed by atoms with Crippen molar-refractivity contribution >= 4 is 17.6 Å². The standard InChI is InChI=1S/C14H10FN3O4/c1-22-6-2-3-9(8(15)4-6)18-10(19)5-7-11(12(18)16)14(21)17-13(7)20/h2-5H,16H2,1H3,(H,17,20,21). The molecule has 0 unspecified atom stereocenters. The molecule has 0 radical (unpaired) electrons. The number of carbonyl (C=O) groups is 2. The molecule has 0 saturated heterocycles. The lowest BCUT2D eigenvalue weighted by atomic mass is 10.1. The number of benzene rings is 1. The molecule has 3 N–H and O–H groups in total. The van der Waals surface area contributed by atoms with E-state index in [2.05, 4.69) is 0 Å². The number of amides is 2. The van der Waals surface area contributed by atoms with E-state index in [0.717, 1.165) is 16.7 Å². The zero-order valence-electron chi connectivity index (χ0n) is 11.3. The van der Waals surface area contributed by atoms with Crippen LogP contribution < -0.4 is 21.3 Å². The number of anilines is 1. The molecule has 8 heteroatoms. The van der Waals surface area contributed by atoms with Gasteiger partial charge in [0, 0.05) is 12.1 Å². The number of pyridine rings is 1. The monoisotopic (exact) mass is 303 g/mol. The van der Waals surface area contributed by atoms with Crippen molar-refractivity contribution in [3.63, 3.8) is 0 Å². The van der Waals surface area contributed by atoms with Crippen LogP contribution >= 0.6 is 0 Å². The van der Waals surface area contributed by atoms with Gasteiger partial charge in [0.05, 0.1) is 23.9 Å². The molecule has 22 heavy (non-hydrogen) atoms. The van der Waals surface area contributed by atoms with Gasteiger partial charge >= 0.3 is 0 Å². The Morgan fingerprint density at radius 2 is 1.91 bits per heavy atom. The number of nitrogens with one attached hydrogen (secondary N) is 1. The fourth-order valence-electron chi connectivity index (χ4n) is 2.32. The van der Waals surface area contributed by atoms with Crippen LogP contribution in [-0.2, 0) is 0 Å². The predicted molar refractivity (Wildman–Crippen MR) is 74.8 cm³/mol. The number of hydrogen-bond donors (Lipinski definition) is 2. The molecule has 1 aromatic heterocycles. The Bertz CT molecular complexity index is 888. The largest absolute Gasteiger partial charge is 0.497 e. The summed E-state index contributed by atoms with van der Waals surface area (Å²) in [6, 6.07) is 4.78. The Hall–Kier alpha value is -3.16. The Morgan fingerprint density at radius 3 is 2.55 bits per heavy atom. The first-order valence-electron chi connectivity index (χ1n) is 6.19. The van der Waals surface area contributed by atoms with Gasteiger partial charge in [-0.15, -0.1) is 0 Å². The van der Waals surface area contributed by atoms with Crippen molar-refractivity contribution in [3.8, 4) is 11.4 Å². The normalized spacial score (nSPS) is 13.0. The lowest BCUT2D eigenvalue weighted by Crippen LogP contribution is -2.24. The molecule has 112 valence electrons. The third-order valence-electron chi connectivity index (χ3n) is 3.35. The van der Waals surface area contributed by atoms with Gasteiger partial charge in [0.2, 0.25) is 0 Å². The minimum atomic E-state index is -0.752. The van der Waals surface area contributed by atoms with E-state index in [0.29, 0.717) is 0 Å². The summed E-state index contributed by atoms with van der Waals surface area (Å²) >= 11 is 0. The van der Waals surface area contributed by atoms with E-state index >= 15 is 0 Å². The van der Waals surface area contributed by atoms with Gasteiger partial charge in [-0.3, -0.25) is 24.3 Å². The molecule has 7 nitrogen and oxygen atoms in total. The zero-order chi connectivity index (χ0) is 16.0. The minimum Gasteiger partial charge on any atom is -0.497 e. The van der Waals surface area contributed by atoms with Crippen LogP contribution in [0.3, 0.4) is 0 Å². The van der Waals surface area contributed by atoms with E-state index in [1.165, 1.54) is 19.2 Å². The lowest BCUT2D eigenvalue weighted by molar-refractivity contribution is 0.0880. The molecule has 2 amide bonds. The zero-order valence-corrected chi connectivity index (χ0v) is 11.3. The van der Waals surface area contributed by atoms with Gasteiger partial charge < -0.3 is 10.5 Å². The Kier molecular flexibility index (Phi) is 2.94. The number of carbonyl (C=O) groups excluding carboxylic acids is 2. The van der Waals surface area contributed by atoms with Gasteiger partial charge in [0.25, 0.3) is 17.4 Å². The van der Waals surface area contributed by atoms with E-state index in [9.17, 15) is 18.8 Å². The third-order valence-corrected chi connectivity index (χ3v) is 3.35. The molecule has 3 rings (SSSR count). The molecule has 1 aliphatic heterocycles. The second kappa shape index (κ2) is 4.69.